The average Bonchev–Trinajstić information content (AvgIpc) is 2.67. The van der Waals surface area contributed by atoms with E-state index in [1.807, 2.05) is 0 Å². The molecule has 0 fully saturated rings. The van der Waals surface area contributed by atoms with Gasteiger partial charge >= 0.3 is 150 Å². The summed E-state index contributed by atoms with van der Waals surface area (Å²) in [6, 6.07) is 29.4. The van der Waals surface area contributed by atoms with Gasteiger partial charge in [0.2, 0.25) is 0 Å². The van der Waals surface area contributed by atoms with E-state index in [9.17, 15) is 0 Å². The Morgan fingerprint density at radius 2 is 1.17 bits per heavy atom. The zero-order valence-corrected chi connectivity index (χ0v) is 15.3. The summed E-state index contributed by atoms with van der Waals surface area (Å²) in [5.74, 6) is 0.617. The van der Waals surface area contributed by atoms with Crippen LogP contribution in [0.25, 0.3) is 0 Å². The van der Waals surface area contributed by atoms with Crippen molar-refractivity contribution in [3.63, 3.8) is 0 Å². The van der Waals surface area contributed by atoms with Crippen molar-refractivity contribution in [1.29, 1.82) is 0 Å². The summed E-state index contributed by atoms with van der Waals surface area (Å²) in [6.07, 6.45) is 2.52. The fourth-order valence-corrected chi connectivity index (χ4v) is 8.12. The molecule has 2 bridgehead atoms. The third-order valence-corrected chi connectivity index (χ3v) is 8.91. The van der Waals surface area contributed by atoms with Gasteiger partial charge in [0.25, 0.3) is 0 Å². The third-order valence-electron chi connectivity index (χ3n) is 5.47. The van der Waals surface area contributed by atoms with Crippen LogP contribution in [-0.4, -0.2) is 15.0 Å². The van der Waals surface area contributed by atoms with Crippen molar-refractivity contribution in [3.05, 3.63) is 107 Å². The zero-order chi connectivity index (χ0) is 15.9. The van der Waals surface area contributed by atoms with E-state index in [-0.39, 0.29) is 0 Å². The van der Waals surface area contributed by atoms with Crippen LogP contribution in [0.4, 0.5) is 0 Å². The Bertz CT molecular complexity index is 820. The van der Waals surface area contributed by atoms with Crippen molar-refractivity contribution >= 4 is 15.0 Å². The molecule has 3 aromatic carbocycles. The molecule has 1 unspecified atom stereocenters. The van der Waals surface area contributed by atoms with Gasteiger partial charge in [-0.3, -0.25) is 0 Å². The number of hydrogen-bond acceptors (Lipinski definition) is 0. The number of hydrogen-bond donors (Lipinski definition) is 0. The van der Waals surface area contributed by atoms with Gasteiger partial charge in [0.05, 0.1) is 0 Å². The van der Waals surface area contributed by atoms with Gasteiger partial charge in [-0.1, -0.05) is 0 Å². The molecule has 0 spiro atoms. The fraction of sp³-hybridized carbons (Fsp3) is 0.217. The fourth-order valence-electron chi connectivity index (χ4n) is 4.39. The second kappa shape index (κ2) is 5.92. The number of benzene rings is 3. The van der Waals surface area contributed by atoms with Crippen molar-refractivity contribution in [2.75, 3.05) is 0 Å². The van der Waals surface area contributed by atoms with Gasteiger partial charge in [-0.05, 0) is 0 Å². The van der Waals surface area contributed by atoms with E-state index in [1.54, 1.807) is 22.3 Å². The van der Waals surface area contributed by atoms with Crippen molar-refractivity contribution in [2.45, 2.75) is 28.4 Å². The maximum absolute atomic E-state index is 2.38. The van der Waals surface area contributed by atoms with Crippen LogP contribution in [-0.2, 0) is 6.42 Å². The van der Waals surface area contributed by atoms with Crippen molar-refractivity contribution in [3.8, 4) is 0 Å². The van der Waals surface area contributed by atoms with Crippen LogP contribution in [0, 0.1) is 0 Å². The van der Waals surface area contributed by atoms with E-state index >= 15 is 0 Å². The number of rotatable bonds is 3. The molecule has 3 aromatic rings. The van der Waals surface area contributed by atoms with Crippen LogP contribution in [0.1, 0.15) is 45.0 Å². The maximum atomic E-state index is 2.38. The molecule has 2 heterocycles. The summed E-state index contributed by atoms with van der Waals surface area (Å²) in [6.45, 7) is 0. The topological polar surface area (TPSA) is 0 Å². The standard InChI is InChI=1S/C23H20Se/c1-2-8-16(9-3-1)14-15-21-22-17-10-4-6-12-19(17)23(24-21)20-13-7-5-11-18(20)22/h1-13,21-23H,14-15H2. The second-order valence-electron chi connectivity index (χ2n) is 6.81. The SMILES string of the molecule is c1ccc(CCC2[Se]C3c4ccccc4C2c2ccccc23)cc1. The third kappa shape index (κ3) is 2.27. The quantitative estimate of drug-likeness (QED) is 0.541. The molecule has 2 aliphatic heterocycles. The molecular weight excluding hydrogens is 355 g/mol. The predicted molar refractivity (Wildman–Crippen MR) is 101 cm³/mol. The average molecular weight is 375 g/mol. The normalized spacial score (nSPS) is 23.6. The minimum absolute atomic E-state index is 0.617. The van der Waals surface area contributed by atoms with Gasteiger partial charge in [0.15, 0.2) is 0 Å². The zero-order valence-electron chi connectivity index (χ0n) is 13.6. The molecule has 24 heavy (non-hydrogen) atoms. The molecule has 0 saturated carbocycles. The summed E-state index contributed by atoms with van der Waals surface area (Å²) >= 11 is 0.655. The molecule has 0 saturated heterocycles. The number of aryl methyl sites for hydroxylation is 1. The van der Waals surface area contributed by atoms with Crippen molar-refractivity contribution in [2.24, 2.45) is 0 Å². The van der Waals surface area contributed by atoms with Crippen LogP contribution in [0.5, 0.6) is 0 Å². The molecule has 118 valence electrons. The van der Waals surface area contributed by atoms with Crippen LogP contribution in [0.2, 0.25) is 4.82 Å². The first kappa shape index (κ1) is 14.5. The summed E-state index contributed by atoms with van der Waals surface area (Å²) in [5, 5.41) is 0. The molecule has 0 radical (unpaired) electrons. The van der Waals surface area contributed by atoms with E-state index in [2.05, 4.69) is 78.9 Å². The molecule has 3 aliphatic rings. The molecule has 6 rings (SSSR count). The molecule has 1 heteroatoms. The Hall–Kier alpha value is -1.82. The Morgan fingerprint density at radius 1 is 0.625 bits per heavy atom. The second-order valence-corrected chi connectivity index (χ2v) is 9.64. The van der Waals surface area contributed by atoms with E-state index in [1.165, 1.54) is 18.4 Å². The first-order valence-electron chi connectivity index (χ1n) is 8.79. The van der Waals surface area contributed by atoms with Gasteiger partial charge in [0.1, 0.15) is 0 Å². The first-order chi connectivity index (χ1) is 11.9. The Balaban J connectivity index is 1.52. The van der Waals surface area contributed by atoms with E-state index in [4.69, 9.17) is 0 Å². The minimum atomic E-state index is 0.617. The van der Waals surface area contributed by atoms with Crippen LogP contribution in [0.15, 0.2) is 78.9 Å². The molecular formula is C23H20Se. The van der Waals surface area contributed by atoms with Crippen LogP contribution < -0.4 is 0 Å². The van der Waals surface area contributed by atoms with Crippen molar-refractivity contribution < 1.29 is 0 Å². The van der Waals surface area contributed by atoms with Gasteiger partial charge in [0, 0.05) is 0 Å². The van der Waals surface area contributed by atoms with Gasteiger partial charge in [-0.25, -0.2) is 0 Å². The summed E-state index contributed by atoms with van der Waals surface area (Å²) in [7, 11) is 0. The van der Waals surface area contributed by atoms with Crippen LogP contribution >= 0.6 is 0 Å². The Labute approximate surface area is 150 Å². The Kier molecular flexibility index (Phi) is 3.58. The van der Waals surface area contributed by atoms with E-state index < -0.39 is 0 Å². The van der Waals surface area contributed by atoms with Gasteiger partial charge in [-0.15, -0.1) is 0 Å². The van der Waals surface area contributed by atoms with Gasteiger partial charge in [-0.2, -0.15) is 0 Å². The van der Waals surface area contributed by atoms with Crippen LogP contribution in [0.3, 0.4) is 0 Å². The molecule has 1 aliphatic carbocycles. The molecule has 0 N–H and O–H groups in total. The van der Waals surface area contributed by atoms with E-state index in [0.717, 1.165) is 4.82 Å². The summed E-state index contributed by atoms with van der Waals surface area (Å²) in [5.41, 5.74) is 7.91. The Morgan fingerprint density at radius 3 is 1.79 bits per heavy atom. The molecule has 0 amide bonds. The van der Waals surface area contributed by atoms with Gasteiger partial charge < -0.3 is 0 Å². The predicted octanol–water partition coefficient (Wildman–Crippen LogP) is 5.36. The number of fused-ring (bicyclic) bond motifs is 1. The van der Waals surface area contributed by atoms with E-state index in [0.29, 0.717) is 25.7 Å². The summed E-state index contributed by atoms with van der Waals surface area (Å²) in [4.78, 5) is 1.49. The van der Waals surface area contributed by atoms with Crippen molar-refractivity contribution in [1.82, 2.24) is 0 Å². The summed E-state index contributed by atoms with van der Waals surface area (Å²) < 4.78 is 0. The molecule has 0 nitrogen and oxygen atoms in total. The molecule has 1 atom stereocenters. The first-order valence-corrected chi connectivity index (χ1v) is 10.8. The molecule has 0 aromatic heterocycles. The monoisotopic (exact) mass is 376 g/mol.